The molecule has 0 amide bonds. The van der Waals surface area contributed by atoms with E-state index in [1.807, 2.05) is 0 Å². The van der Waals surface area contributed by atoms with Crippen LogP contribution in [0.15, 0.2) is 97.1 Å². The Morgan fingerprint density at radius 2 is 0.892 bits per heavy atom. The summed E-state index contributed by atoms with van der Waals surface area (Å²) in [7, 11) is 4.50. The largest absolute Gasteiger partial charge is 1.00 e. The van der Waals surface area contributed by atoms with E-state index in [0.717, 1.165) is 0 Å². The summed E-state index contributed by atoms with van der Waals surface area (Å²) in [5.41, 5.74) is 14.8. The van der Waals surface area contributed by atoms with E-state index < -0.39 is 23.2 Å². The van der Waals surface area contributed by atoms with Crippen molar-refractivity contribution in [3.63, 3.8) is 0 Å². The van der Waals surface area contributed by atoms with Crippen LogP contribution in [0.4, 0.5) is 0 Å². The molecular formula is C32H24Cl2N2Zr. The smallest absolute Gasteiger partial charge is 1.00 e. The van der Waals surface area contributed by atoms with E-state index in [0.29, 0.717) is 7.25 Å². The number of para-hydroxylation sites is 2. The van der Waals surface area contributed by atoms with Crippen molar-refractivity contribution in [1.29, 1.82) is 0 Å². The standard InChI is InChI=1S/2C16H12N.2ClH.Zr/c2*1-17-15-9-5-4-8-13(15)14-10-11-6-2-3-7-12(11)16(14)17;;;/h2*2-10H,1H3;2*1H;/q;;;;+2/p-2. The molecule has 0 radical (unpaired) electrons. The van der Waals surface area contributed by atoms with Crippen molar-refractivity contribution in [3.8, 4) is 22.5 Å². The number of halogens is 2. The minimum atomic E-state index is -1.03. The fourth-order valence-electron chi connectivity index (χ4n) is 6.83. The van der Waals surface area contributed by atoms with Gasteiger partial charge in [0.1, 0.15) is 0 Å². The van der Waals surface area contributed by atoms with E-state index in [2.05, 4.69) is 120 Å². The van der Waals surface area contributed by atoms with Crippen molar-refractivity contribution in [2.45, 2.75) is 7.25 Å². The van der Waals surface area contributed by atoms with Gasteiger partial charge in [-0.2, -0.15) is 0 Å². The fourth-order valence-corrected chi connectivity index (χ4v) is 12.0. The first-order chi connectivity index (χ1) is 17.2. The Bertz CT molecular complexity index is 1700. The van der Waals surface area contributed by atoms with Gasteiger partial charge in [-0.25, -0.2) is 0 Å². The molecule has 2 nitrogen and oxygen atoms in total. The number of hydrogen-bond acceptors (Lipinski definition) is 0. The molecule has 2 aromatic heterocycles. The molecule has 4 aromatic carbocycles. The van der Waals surface area contributed by atoms with E-state index in [1.165, 1.54) is 44.3 Å². The monoisotopic (exact) mass is 596 g/mol. The van der Waals surface area contributed by atoms with Crippen LogP contribution < -0.4 is 24.8 Å². The average Bonchev–Trinajstić information content (AvgIpc) is 3.59. The van der Waals surface area contributed by atoms with E-state index in [9.17, 15) is 0 Å². The number of hydrogen-bond donors (Lipinski definition) is 0. The van der Waals surface area contributed by atoms with Crippen LogP contribution in [-0.4, -0.2) is 9.13 Å². The number of aryl methyl sites for hydroxylation is 2. The van der Waals surface area contributed by atoms with E-state index in [-0.39, 0.29) is 24.8 Å². The van der Waals surface area contributed by atoms with Crippen molar-refractivity contribution in [1.82, 2.24) is 9.13 Å². The number of rotatable bonds is 2. The number of nitrogens with zero attached hydrogens (tertiary/aromatic N) is 2. The molecule has 2 atom stereocenters. The fraction of sp³-hybridized carbons (Fsp3) is 0.125. The summed E-state index contributed by atoms with van der Waals surface area (Å²) in [5.74, 6) is 0. The molecule has 6 aromatic rings. The maximum Gasteiger partial charge on any atom is -1.00 e. The minimum absolute atomic E-state index is 0. The SMILES string of the molecule is Cn1c2c(c3ccccc31)[CH]([Zr+2][CH]1c3ccccc3-c3c1c1ccccc1n3C)c1ccccc1-2.[Cl-].[Cl-]. The molecule has 2 unspecified atom stereocenters. The van der Waals surface area contributed by atoms with Crippen LogP contribution in [0, 0.1) is 0 Å². The maximum atomic E-state index is 2.44. The molecule has 2 heterocycles. The summed E-state index contributed by atoms with van der Waals surface area (Å²) in [6, 6.07) is 36.4. The molecular weight excluding hydrogens is 574 g/mol. The minimum Gasteiger partial charge on any atom is -1.00 e. The Morgan fingerprint density at radius 3 is 1.35 bits per heavy atom. The Morgan fingerprint density at radius 1 is 0.514 bits per heavy atom. The van der Waals surface area contributed by atoms with Gasteiger partial charge < -0.3 is 24.8 Å². The summed E-state index contributed by atoms with van der Waals surface area (Å²) in [4.78, 5) is 0. The second-order valence-electron chi connectivity index (χ2n) is 9.88. The molecule has 0 fully saturated rings. The number of benzene rings is 4. The zero-order valence-electron chi connectivity index (χ0n) is 20.5. The van der Waals surface area contributed by atoms with Crippen LogP contribution in [0.3, 0.4) is 0 Å². The molecule has 180 valence electrons. The van der Waals surface area contributed by atoms with Crippen LogP contribution in [0.2, 0.25) is 0 Å². The Balaban J connectivity index is 0.00000126. The molecule has 8 rings (SSSR count). The normalized spacial score (nSPS) is 16.4. The summed E-state index contributed by atoms with van der Waals surface area (Å²) >= 11 is -1.03. The Labute approximate surface area is 240 Å². The molecule has 0 saturated heterocycles. The molecule has 0 bridgehead atoms. The van der Waals surface area contributed by atoms with E-state index in [1.54, 1.807) is 22.3 Å². The van der Waals surface area contributed by atoms with Gasteiger partial charge in [0, 0.05) is 0 Å². The quantitative estimate of drug-likeness (QED) is 0.287. The average molecular weight is 599 g/mol. The third kappa shape index (κ3) is 3.21. The second kappa shape index (κ2) is 9.02. The summed E-state index contributed by atoms with van der Waals surface area (Å²) in [6.07, 6.45) is 0. The van der Waals surface area contributed by atoms with Crippen LogP contribution in [-0.2, 0) is 37.3 Å². The third-order valence-electron chi connectivity index (χ3n) is 8.26. The first kappa shape index (κ1) is 24.7. The van der Waals surface area contributed by atoms with Gasteiger partial charge in [0.15, 0.2) is 0 Å². The van der Waals surface area contributed by atoms with Gasteiger partial charge in [-0.3, -0.25) is 0 Å². The van der Waals surface area contributed by atoms with Crippen molar-refractivity contribution >= 4 is 21.8 Å². The summed E-state index contributed by atoms with van der Waals surface area (Å²) in [5, 5.41) is 2.88. The Kier molecular flexibility index (Phi) is 6.03. The first-order valence-electron chi connectivity index (χ1n) is 12.3. The number of fused-ring (bicyclic) bond motifs is 10. The van der Waals surface area contributed by atoms with Gasteiger partial charge in [0.2, 0.25) is 0 Å². The van der Waals surface area contributed by atoms with Crippen molar-refractivity contribution in [2.24, 2.45) is 14.1 Å². The molecule has 2 aliphatic carbocycles. The van der Waals surface area contributed by atoms with Crippen LogP contribution >= 0.6 is 0 Å². The maximum absolute atomic E-state index is 2.44. The second-order valence-corrected chi connectivity index (χ2v) is 13.5. The molecule has 0 N–H and O–H groups in total. The van der Waals surface area contributed by atoms with Crippen LogP contribution in [0.1, 0.15) is 29.5 Å². The van der Waals surface area contributed by atoms with Gasteiger partial charge in [-0.15, -0.1) is 0 Å². The van der Waals surface area contributed by atoms with Crippen LogP contribution in [0.5, 0.6) is 0 Å². The van der Waals surface area contributed by atoms with E-state index >= 15 is 0 Å². The molecule has 5 heteroatoms. The summed E-state index contributed by atoms with van der Waals surface area (Å²) in [6.45, 7) is 0. The van der Waals surface area contributed by atoms with E-state index in [4.69, 9.17) is 0 Å². The predicted molar refractivity (Wildman–Crippen MR) is 140 cm³/mol. The first-order valence-corrected chi connectivity index (χ1v) is 15.2. The van der Waals surface area contributed by atoms with Gasteiger partial charge in [-0.05, 0) is 0 Å². The molecule has 37 heavy (non-hydrogen) atoms. The topological polar surface area (TPSA) is 9.86 Å². The Hall–Kier alpha value is -2.58. The van der Waals surface area contributed by atoms with Crippen molar-refractivity contribution < 1.29 is 48.0 Å². The van der Waals surface area contributed by atoms with Crippen molar-refractivity contribution in [3.05, 3.63) is 119 Å². The van der Waals surface area contributed by atoms with Gasteiger partial charge >= 0.3 is 217 Å². The molecule has 0 aliphatic heterocycles. The zero-order valence-corrected chi connectivity index (χ0v) is 24.5. The third-order valence-corrected chi connectivity index (χ3v) is 12.8. The zero-order chi connectivity index (χ0) is 23.3. The molecule has 0 saturated carbocycles. The predicted octanol–water partition coefficient (Wildman–Crippen LogP) is 1.60. The van der Waals surface area contributed by atoms with Gasteiger partial charge in [0.05, 0.1) is 0 Å². The molecule has 0 spiro atoms. The van der Waals surface area contributed by atoms with Gasteiger partial charge in [0.25, 0.3) is 0 Å². The van der Waals surface area contributed by atoms with Crippen LogP contribution in [0.25, 0.3) is 44.3 Å². The summed E-state index contributed by atoms with van der Waals surface area (Å²) < 4.78 is 5.96. The van der Waals surface area contributed by atoms with Gasteiger partial charge in [-0.1, -0.05) is 0 Å². The van der Waals surface area contributed by atoms with Crippen molar-refractivity contribution in [2.75, 3.05) is 0 Å². The number of aromatic nitrogens is 2. The molecule has 2 aliphatic rings.